The Morgan fingerprint density at radius 2 is 1.83 bits per heavy atom. The van der Waals surface area contributed by atoms with E-state index in [-0.39, 0.29) is 35.3 Å². The lowest BCUT2D eigenvalue weighted by Crippen LogP contribution is -2.74. The van der Waals surface area contributed by atoms with Gasteiger partial charge in [0.2, 0.25) is 6.10 Å². The van der Waals surface area contributed by atoms with Crippen molar-refractivity contribution in [3.63, 3.8) is 0 Å². The minimum atomic E-state index is -2.02. The molecule has 4 N–H and O–H groups in total. The number of aliphatic hydroxyl groups excluding tert-OH is 1. The van der Waals surface area contributed by atoms with Gasteiger partial charge < -0.3 is 49.0 Å². The van der Waals surface area contributed by atoms with Gasteiger partial charge in [0.15, 0.2) is 36.1 Å². The van der Waals surface area contributed by atoms with Crippen molar-refractivity contribution in [1.29, 1.82) is 0 Å². The summed E-state index contributed by atoms with van der Waals surface area (Å²) in [4.78, 5) is 51.8. The first-order valence-corrected chi connectivity index (χ1v) is 15.6. The summed E-state index contributed by atoms with van der Waals surface area (Å²) in [5.41, 5.74) is -0.438. The van der Waals surface area contributed by atoms with Gasteiger partial charge in [-0.3, -0.25) is 9.59 Å². The van der Waals surface area contributed by atoms with Gasteiger partial charge in [-0.1, -0.05) is 36.4 Å². The Bertz CT molecular complexity index is 1660. The van der Waals surface area contributed by atoms with Crippen LogP contribution in [0.15, 0.2) is 54.3 Å². The van der Waals surface area contributed by atoms with Gasteiger partial charge in [-0.05, 0) is 51.1 Å². The van der Waals surface area contributed by atoms with E-state index < -0.39 is 72.0 Å². The third kappa shape index (κ3) is 5.48. The molecule has 256 valence electrons. The summed E-state index contributed by atoms with van der Waals surface area (Å²) in [6, 6.07) is 10.9. The predicted molar refractivity (Wildman–Crippen MR) is 162 cm³/mol. The molecule has 0 aromatic heterocycles. The van der Waals surface area contributed by atoms with Gasteiger partial charge in [0, 0.05) is 30.5 Å². The molecule has 4 aliphatic rings. The number of aliphatic carboxylic acids is 1. The number of likely N-dealkylation sites (tertiary alicyclic amines) is 1. The molecule has 2 aromatic rings. The fraction of sp³-hybridized carbons (Fsp3) is 0.471. The van der Waals surface area contributed by atoms with E-state index >= 15 is 0 Å². The van der Waals surface area contributed by atoms with E-state index in [0.29, 0.717) is 24.9 Å². The van der Waals surface area contributed by atoms with Crippen LogP contribution in [-0.4, -0.2) is 99.0 Å². The molecule has 2 heterocycles. The molecule has 2 aromatic carbocycles. The quantitative estimate of drug-likeness (QED) is 0.153. The van der Waals surface area contributed by atoms with E-state index in [1.165, 1.54) is 19.1 Å². The molecule has 48 heavy (non-hydrogen) atoms. The summed E-state index contributed by atoms with van der Waals surface area (Å²) in [5, 5.41) is 43.3. The van der Waals surface area contributed by atoms with Crippen LogP contribution in [0.2, 0.25) is 0 Å². The van der Waals surface area contributed by atoms with Crippen molar-refractivity contribution in [2.75, 3.05) is 13.6 Å². The van der Waals surface area contributed by atoms with Crippen molar-refractivity contribution in [2.45, 2.75) is 87.3 Å². The second-order valence-corrected chi connectivity index (χ2v) is 12.7. The molecule has 14 heteroatoms. The summed E-state index contributed by atoms with van der Waals surface area (Å²) < 4.78 is 27.6. The van der Waals surface area contributed by atoms with E-state index in [9.17, 15) is 39.6 Å². The number of piperidine rings is 1. The number of nitrogens with zero attached hydrogens (tertiary/aromatic N) is 1. The minimum Gasteiger partial charge on any atom is -0.504 e. The van der Waals surface area contributed by atoms with Crippen LogP contribution >= 0.6 is 0 Å². The number of carboxylic acids is 1. The molecule has 14 nitrogen and oxygen atoms in total. The van der Waals surface area contributed by atoms with Crippen LogP contribution in [0.1, 0.15) is 55.9 Å². The number of carboxylic acid groups (broad SMARTS) is 1. The Balaban J connectivity index is 1.17. The van der Waals surface area contributed by atoms with Gasteiger partial charge >= 0.3 is 23.9 Å². The molecule has 6 rings (SSSR count). The molecular formula is C34H37NO13. The smallest absolute Gasteiger partial charge is 0.349 e. The first-order valence-electron chi connectivity index (χ1n) is 15.6. The standard InChI is InChI=1S/C34H37NO13/c1-17(31(41)48-27(30(39)40)19-7-5-4-6-8-19)44-32(42)23(45-18(2)36)16-25(38)46-22-11-12-34(43)24-15-20-9-10-21(37)28-26(20)33(34,29(22)47-28)13-14-35(24)3/h4-11,17,23-24,27,29,32,37,42-43H,12-16H2,1-3H3,(H,39,40)/t17-,23-,24+,27-,29-,32?,33?,34+/m0/s1. The van der Waals surface area contributed by atoms with E-state index in [4.69, 9.17) is 23.7 Å². The van der Waals surface area contributed by atoms with Crippen molar-refractivity contribution in [3.8, 4) is 11.5 Å². The maximum atomic E-state index is 13.3. The number of aromatic hydroxyl groups is 1. The fourth-order valence-corrected chi connectivity index (χ4v) is 7.64. The van der Waals surface area contributed by atoms with Crippen LogP contribution in [0.25, 0.3) is 0 Å². The van der Waals surface area contributed by atoms with Gasteiger partial charge in [-0.15, -0.1) is 0 Å². The number of hydrogen-bond acceptors (Lipinski definition) is 13. The highest BCUT2D eigenvalue weighted by Gasteiger charge is 2.72. The van der Waals surface area contributed by atoms with Crippen LogP contribution in [0, 0.1) is 0 Å². The van der Waals surface area contributed by atoms with Crippen molar-refractivity contribution in [2.24, 2.45) is 0 Å². The third-order valence-electron chi connectivity index (χ3n) is 9.82. The summed E-state index contributed by atoms with van der Waals surface area (Å²) >= 11 is 0. The van der Waals surface area contributed by atoms with E-state index in [0.717, 1.165) is 12.5 Å². The summed E-state index contributed by atoms with van der Waals surface area (Å²) in [7, 11) is 1.95. The molecule has 2 unspecified atom stereocenters. The molecule has 0 radical (unpaired) electrons. The van der Waals surface area contributed by atoms with Gasteiger partial charge in [-0.2, -0.15) is 0 Å². The first kappa shape index (κ1) is 33.4. The van der Waals surface area contributed by atoms with Crippen LogP contribution < -0.4 is 4.74 Å². The van der Waals surface area contributed by atoms with Crippen molar-refractivity contribution >= 4 is 23.9 Å². The zero-order valence-electron chi connectivity index (χ0n) is 26.5. The second kappa shape index (κ2) is 12.5. The number of phenolic OH excluding ortho intramolecular Hbond substituents is 1. The van der Waals surface area contributed by atoms with Gasteiger partial charge in [-0.25, -0.2) is 9.59 Å². The number of likely N-dealkylation sites (N-methyl/N-ethyl adjacent to an activating group) is 1. The first-order chi connectivity index (χ1) is 22.8. The lowest BCUT2D eigenvalue weighted by Gasteiger charge is -2.61. The van der Waals surface area contributed by atoms with Crippen LogP contribution in [0.3, 0.4) is 0 Å². The Kier molecular flexibility index (Phi) is 8.70. The maximum absolute atomic E-state index is 13.3. The number of rotatable bonds is 11. The monoisotopic (exact) mass is 667 g/mol. The summed E-state index contributed by atoms with van der Waals surface area (Å²) in [6.07, 6.45) is -5.76. The predicted octanol–water partition coefficient (Wildman–Crippen LogP) is 1.63. The van der Waals surface area contributed by atoms with E-state index in [1.54, 1.807) is 30.3 Å². The molecule has 2 aliphatic carbocycles. The highest BCUT2D eigenvalue weighted by Crippen LogP contribution is 2.65. The number of ether oxygens (including phenoxy) is 5. The molecular weight excluding hydrogens is 630 g/mol. The van der Waals surface area contributed by atoms with Gasteiger partial charge in [0.1, 0.15) is 5.76 Å². The topological polar surface area (TPSA) is 199 Å². The van der Waals surface area contributed by atoms with E-state index in [2.05, 4.69) is 4.90 Å². The van der Waals surface area contributed by atoms with Crippen molar-refractivity contribution in [1.82, 2.24) is 4.90 Å². The van der Waals surface area contributed by atoms with Crippen molar-refractivity contribution < 1.29 is 63.3 Å². The molecule has 8 atom stereocenters. The Morgan fingerprint density at radius 1 is 1.10 bits per heavy atom. The zero-order valence-corrected chi connectivity index (χ0v) is 26.5. The SMILES string of the molecule is CC(=O)O[C@@H](CC(=O)OC1=CC[C@@]2(O)[C@H]3Cc4ccc(O)c5c4C2(CCN3C)[C@H]1O5)C(O)O[C@@H](C)C(=O)O[C@H](C(=O)O)c1ccccc1. The fourth-order valence-electron chi connectivity index (χ4n) is 7.64. The summed E-state index contributed by atoms with van der Waals surface area (Å²) in [5.74, 6) is -4.11. The molecule has 0 saturated carbocycles. The lowest BCUT2D eigenvalue weighted by atomic mass is 9.50. The Hall–Kier alpha value is -4.50. The Morgan fingerprint density at radius 3 is 2.52 bits per heavy atom. The molecule has 1 fully saturated rings. The number of carbonyl (C=O) groups is 4. The zero-order chi connectivity index (χ0) is 34.5. The van der Waals surface area contributed by atoms with Crippen molar-refractivity contribution in [3.05, 3.63) is 71.0 Å². The molecule has 0 amide bonds. The molecule has 1 saturated heterocycles. The average molecular weight is 668 g/mol. The minimum absolute atomic E-state index is 0.0933. The maximum Gasteiger partial charge on any atom is 0.349 e. The summed E-state index contributed by atoms with van der Waals surface area (Å²) in [6.45, 7) is 2.88. The van der Waals surface area contributed by atoms with Crippen LogP contribution in [0.4, 0.5) is 0 Å². The lowest BCUT2D eigenvalue weighted by molar-refractivity contribution is -0.215. The van der Waals surface area contributed by atoms with Gasteiger partial charge in [0.25, 0.3) is 0 Å². The molecule has 2 bridgehead atoms. The van der Waals surface area contributed by atoms with Crippen LogP contribution in [-0.2, 0) is 50.0 Å². The molecule has 2 aliphatic heterocycles. The number of hydrogen-bond donors (Lipinski definition) is 4. The van der Waals surface area contributed by atoms with Crippen LogP contribution in [0.5, 0.6) is 11.5 Å². The number of phenols is 1. The third-order valence-corrected chi connectivity index (χ3v) is 9.82. The largest absolute Gasteiger partial charge is 0.504 e. The highest BCUT2D eigenvalue weighted by atomic mass is 16.7. The number of carbonyl (C=O) groups excluding carboxylic acids is 3. The average Bonchev–Trinajstić information content (AvgIpc) is 3.40. The Labute approximate surface area is 275 Å². The normalized spacial score (nSPS) is 27.6. The number of aliphatic hydroxyl groups is 2. The van der Waals surface area contributed by atoms with Gasteiger partial charge in [0.05, 0.1) is 17.4 Å². The second-order valence-electron chi connectivity index (χ2n) is 12.7. The molecule has 1 spiro atoms. The van der Waals surface area contributed by atoms with E-state index in [1.807, 2.05) is 13.1 Å². The number of benzene rings is 2. The highest BCUT2D eigenvalue weighted by molar-refractivity contribution is 5.81. The number of esters is 3.